The number of aryl methyl sites for hydroxylation is 4. The van der Waals surface area contributed by atoms with Gasteiger partial charge in [0.15, 0.2) is 0 Å². The Kier molecular flexibility index (Phi) is 23.7. The number of unbranched alkanes of at least 4 members (excludes halogenated alkanes) is 9. The molecule has 0 fully saturated rings. The smallest absolute Gasteiger partial charge is 0.414 e. The maximum absolute atomic E-state index is 14.2. The van der Waals surface area contributed by atoms with Crippen LogP contribution in [0, 0.1) is 27.7 Å². The molecular weight excluding hydrogens is 1180 g/mol. The van der Waals surface area contributed by atoms with Crippen LogP contribution in [0.25, 0.3) is 55.5 Å². The Labute approximate surface area is 544 Å². The number of anilines is 4. The number of benzene rings is 6. The topological polar surface area (TPSA) is 169 Å². The number of nitrogens with zero attached hydrogens (tertiary/aromatic N) is 6. The van der Waals surface area contributed by atoms with Gasteiger partial charge in [0.2, 0.25) is 33.4 Å². The van der Waals surface area contributed by atoms with E-state index in [1.807, 2.05) is 220 Å². The molecule has 0 aliphatic heterocycles. The van der Waals surface area contributed by atoms with Crippen LogP contribution in [0.1, 0.15) is 170 Å². The minimum absolute atomic E-state index is 0. The molecule has 482 valence electrons. The number of fused-ring (bicyclic) bond motifs is 4. The number of rotatable bonds is 19. The van der Waals surface area contributed by atoms with E-state index in [1.54, 1.807) is 9.80 Å². The van der Waals surface area contributed by atoms with Gasteiger partial charge in [-0.15, -0.1) is 9.13 Å². The third-order valence-corrected chi connectivity index (χ3v) is 14.9. The number of hydrogen-bond acceptors (Lipinski definition) is 10. The third kappa shape index (κ3) is 18.6. The summed E-state index contributed by atoms with van der Waals surface area (Å²) in [6.45, 7) is 31.2. The van der Waals surface area contributed by atoms with Gasteiger partial charge in [-0.3, -0.25) is 20.4 Å². The summed E-state index contributed by atoms with van der Waals surface area (Å²) in [5, 5.41) is 5.92. The fraction of sp³-hybridized carbons (Fsp3) is 0.444. The molecule has 90 heavy (non-hydrogen) atoms. The number of para-hydroxylation sites is 2. The van der Waals surface area contributed by atoms with Crippen LogP contribution in [-0.4, -0.2) is 69.8 Å². The van der Waals surface area contributed by atoms with Crippen LogP contribution in [0.3, 0.4) is 0 Å². The first-order valence-electron chi connectivity index (χ1n) is 31.2. The number of hydrogen-bond donors (Lipinski definition) is 2. The molecule has 8 aromatic rings. The highest BCUT2D eigenvalue weighted by Crippen LogP contribution is 2.34. The van der Waals surface area contributed by atoms with Crippen molar-refractivity contribution >= 4 is 91.3 Å². The lowest BCUT2D eigenvalue weighted by Crippen LogP contribution is -3.00. The van der Waals surface area contributed by atoms with Crippen molar-refractivity contribution in [1.29, 1.82) is 0 Å². The molecule has 0 bridgehead atoms. The highest BCUT2D eigenvalue weighted by Gasteiger charge is 2.32. The standard InChI is InChI=1S/C72H90N8O8.2ClH/c1-47-41-56-61(44-54(47)75-65(81)85-69(5,6)7)79(51-33-27-25-28-34-51)63-46-60(49(3)43-58(63)74-56)78(68(84)88-72(14,15)16)40-32-24-22-20-18-17-19-21-23-31-39-77(67(83)87-71(11,12)13)59-38-37-53-64(50(59)4)80(52-35-29-26-30-36-52)62-45-55(48(2)42-57(62)73-53)76-66(82)86-70(8,9)10;;/h25-30,33-38,41-46H,17-24,31-32,39-40H2,1-16H3;2*1H. The minimum atomic E-state index is -0.705. The first-order chi connectivity index (χ1) is 41.4. The fourth-order valence-electron chi connectivity index (χ4n) is 11.0. The van der Waals surface area contributed by atoms with Gasteiger partial charge in [-0.25, -0.2) is 29.1 Å². The van der Waals surface area contributed by atoms with Gasteiger partial charge in [-0.1, -0.05) is 87.8 Å². The Morgan fingerprint density at radius 1 is 0.411 bits per heavy atom. The van der Waals surface area contributed by atoms with Crippen molar-refractivity contribution in [3.8, 4) is 11.4 Å². The number of aromatic nitrogens is 4. The molecule has 0 aliphatic carbocycles. The zero-order valence-electron chi connectivity index (χ0n) is 55.6. The van der Waals surface area contributed by atoms with Gasteiger partial charge in [-0.05, 0) is 171 Å². The molecule has 0 saturated carbocycles. The van der Waals surface area contributed by atoms with Crippen LogP contribution in [0.5, 0.6) is 0 Å². The number of carbonyl (C=O) groups is 4. The average molecular weight is 1270 g/mol. The predicted octanol–water partition coefficient (Wildman–Crippen LogP) is 11.7. The minimum Gasteiger partial charge on any atom is -1.00 e. The molecule has 0 radical (unpaired) electrons. The number of ether oxygens (including phenoxy) is 4. The first-order valence-corrected chi connectivity index (χ1v) is 31.2. The largest absolute Gasteiger partial charge is 1.00 e. The second-order valence-corrected chi connectivity index (χ2v) is 27.1. The average Bonchev–Trinajstić information content (AvgIpc) is 0.755. The Hall–Kier alpha value is -7.82. The monoisotopic (exact) mass is 1270 g/mol. The summed E-state index contributed by atoms with van der Waals surface area (Å²) in [6, 6.07) is 36.0. The van der Waals surface area contributed by atoms with E-state index < -0.39 is 46.8 Å². The highest BCUT2D eigenvalue weighted by atomic mass is 35.5. The Morgan fingerprint density at radius 3 is 1.19 bits per heavy atom. The second-order valence-electron chi connectivity index (χ2n) is 27.1. The SMILES string of the molecule is Cc1cc2nc3cc(C)c(N(CCCCCCCCCCCCN(C(=O)OC(C)(C)C)c4ccc5nc6cc(C)c(NC(=O)OC(C)(C)C)cc6[n+](-c6ccccc6)c5c4C)C(=O)OC(C)(C)C)cc3[n+](-c3ccccc3)c2cc1NC(=O)OC(C)(C)C.[Cl-].[Cl-]. The van der Waals surface area contributed by atoms with Crippen LogP contribution < -0.4 is 54.4 Å². The number of carbonyl (C=O) groups excluding carboxylic acids is 4. The van der Waals surface area contributed by atoms with Gasteiger partial charge in [0, 0.05) is 61.1 Å². The Bertz CT molecular complexity index is 3790. The van der Waals surface area contributed by atoms with Crippen molar-refractivity contribution in [2.45, 2.75) is 197 Å². The first kappa shape index (κ1) is 71.3. The molecule has 2 N–H and O–H groups in total. The van der Waals surface area contributed by atoms with Crippen molar-refractivity contribution in [2.24, 2.45) is 0 Å². The lowest BCUT2D eigenvalue weighted by Gasteiger charge is -2.28. The van der Waals surface area contributed by atoms with Crippen LogP contribution in [0.4, 0.5) is 41.9 Å². The zero-order chi connectivity index (χ0) is 63.9. The van der Waals surface area contributed by atoms with E-state index >= 15 is 0 Å². The number of amides is 4. The van der Waals surface area contributed by atoms with Gasteiger partial charge in [0.1, 0.15) is 44.5 Å². The number of nitrogens with one attached hydrogen (secondary N) is 2. The molecule has 16 nitrogen and oxygen atoms in total. The van der Waals surface area contributed by atoms with Gasteiger partial charge < -0.3 is 43.8 Å². The molecule has 2 heterocycles. The quantitative estimate of drug-likeness (QED) is 0.0344. The Balaban J connectivity index is 0.00000645. The molecule has 8 rings (SSSR count). The predicted molar refractivity (Wildman–Crippen MR) is 354 cm³/mol. The van der Waals surface area contributed by atoms with Crippen LogP contribution in [0.2, 0.25) is 0 Å². The molecule has 0 aliphatic rings. The molecule has 4 amide bonds. The summed E-state index contributed by atoms with van der Waals surface area (Å²) >= 11 is 0. The van der Waals surface area contributed by atoms with Gasteiger partial charge in [0.05, 0.1) is 22.7 Å². The summed E-state index contributed by atoms with van der Waals surface area (Å²) in [5.74, 6) is 0. The van der Waals surface area contributed by atoms with Crippen molar-refractivity contribution in [3.05, 3.63) is 131 Å². The molecule has 0 spiro atoms. The molecule has 0 atom stereocenters. The van der Waals surface area contributed by atoms with Crippen LogP contribution in [0.15, 0.2) is 109 Å². The van der Waals surface area contributed by atoms with E-state index in [1.165, 1.54) is 0 Å². The van der Waals surface area contributed by atoms with Crippen molar-refractivity contribution in [3.63, 3.8) is 0 Å². The van der Waals surface area contributed by atoms with Crippen molar-refractivity contribution < 1.29 is 72.1 Å². The lowest BCUT2D eigenvalue weighted by atomic mass is 10.1. The van der Waals surface area contributed by atoms with E-state index in [-0.39, 0.29) is 24.8 Å². The van der Waals surface area contributed by atoms with E-state index in [9.17, 15) is 19.2 Å². The zero-order valence-corrected chi connectivity index (χ0v) is 57.1. The summed E-state index contributed by atoms with van der Waals surface area (Å²) in [7, 11) is 0. The fourth-order valence-corrected chi connectivity index (χ4v) is 11.0. The van der Waals surface area contributed by atoms with Crippen molar-refractivity contribution in [1.82, 2.24) is 9.97 Å². The van der Waals surface area contributed by atoms with Crippen LogP contribution >= 0.6 is 0 Å². The third-order valence-electron chi connectivity index (χ3n) is 14.9. The number of halogens is 2. The van der Waals surface area contributed by atoms with Crippen LogP contribution in [-0.2, 0) is 18.9 Å². The Morgan fingerprint density at radius 2 is 0.767 bits per heavy atom. The highest BCUT2D eigenvalue weighted by molar-refractivity contribution is 5.97. The summed E-state index contributed by atoms with van der Waals surface area (Å²) < 4.78 is 27.7. The summed E-state index contributed by atoms with van der Waals surface area (Å²) in [4.78, 5) is 68.4. The van der Waals surface area contributed by atoms with E-state index in [4.69, 9.17) is 28.9 Å². The molecule has 2 aromatic heterocycles. The molecule has 18 heteroatoms. The van der Waals surface area contributed by atoms with Crippen molar-refractivity contribution in [2.75, 3.05) is 33.5 Å². The normalized spacial score (nSPS) is 11.9. The van der Waals surface area contributed by atoms with E-state index in [0.29, 0.717) is 24.5 Å². The summed E-state index contributed by atoms with van der Waals surface area (Å²) in [5.41, 5.74) is 11.5. The maximum atomic E-state index is 14.2. The molecule has 0 unspecified atom stereocenters. The summed E-state index contributed by atoms with van der Waals surface area (Å²) in [6.07, 6.45) is 8.07. The van der Waals surface area contributed by atoms with E-state index in [0.717, 1.165) is 153 Å². The lowest BCUT2D eigenvalue weighted by molar-refractivity contribution is -0.538. The maximum Gasteiger partial charge on any atom is 0.414 e. The molecule has 6 aromatic carbocycles. The second kappa shape index (κ2) is 29.9. The molecular formula is C72H92Cl2N8O8. The van der Waals surface area contributed by atoms with Gasteiger partial charge in [-0.2, -0.15) is 0 Å². The van der Waals surface area contributed by atoms with Gasteiger partial charge in [0.25, 0.3) is 0 Å². The molecule has 0 saturated heterocycles. The van der Waals surface area contributed by atoms with Gasteiger partial charge >= 0.3 is 24.4 Å². The van der Waals surface area contributed by atoms with E-state index in [2.05, 4.69) is 19.8 Å².